The molecule has 1 aliphatic heterocycles. The van der Waals surface area contributed by atoms with Crippen molar-refractivity contribution in [3.8, 4) is 0 Å². The number of hydrogen-bond donors (Lipinski definition) is 1. The van der Waals surface area contributed by atoms with Crippen molar-refractivity contribution >= 4 is 0 Å². The smallest absolute Gasteiger partial charge is 0.0932 e. The Labute approximate surface area is 81.8 Å². The van der Waals surface area contributed by atoms with Crippen LogP contribution in [0.15, 0.2) is 0 Å². The molecule has 1 atom stereocenters. The highest BCUT2D eigenvalue weighted by Crippen LogP contribution is 1.94. The van der Waals surface area contributed by atoms with E-state index in [1.54, 1.807) is 7.11 Å². The van der Waals surface area contributed by atoms with Crippen LogP contribution in [0.3, 0.4) is 0 Å². The lowest BCUT2D eigenvalue weighted by Crippen LogP contribution is -2.40. The molecule has 0 aromatic rings. The highest BCUT2D eigenvalue weighted by molar-refractivity contribution is 4.65. The predicted octanol–water partition coefficient (Wildman–Crippen LogP) is 1.43. The van der Waals surface area contributed by atoms with E-state index >= 15 is 0 Å². The maximum absolute atomic E-state index is 5.33. The Hall–Kier alpha value is -0.120. The summed E-state index contributed by atoms with van der Waals surface area (Å²) in [6.45, 7) is 7.77. The van der Waals surface area contributed by atoms with Gasteiger partial charge in [-0.1, -0.05) is 26.7 Å². The summed E-state index contributed by atoms with van der Waals surface area (Å²) >= 11 is 0. The summed E-state index contributed by atoms with van der Waals surface area (Å²) in [6, 6.07) is 0. The second-order valence-electron chi connectivity index (χ2n) is 3.15. The third-order valence-electron chi connectivity index (χ3n) is 1.86. The maximum Gasteiger partial charge on any atom is 0.0932 e. The minimum Gasteiger partial charge on any atom is -0.382 e. The van der Waals surface area contributed by atoms with Crippen LogP contribution >= 0.6 is 0 Å². The predicted molar refractivity (Wildman–Crippen MR) is 55.1 cm³/mol. The molecule has 0 saturated carbocycles. The number of nitrogens with one attached hydrogen (secondary N) is 1. The van der Waals surface area contributed by atoms with Gasteiger partial charge < -0.3 is 14.8 Å². The van der Waals surface area contributed by atoms with E-state index in [0.717, 1.165) is 19.7 Å². The minimum absolute atomic E-state index is 0.267. The van der Waals surface area contributed by atoms with Gasteiger partial charge in [0.25, 0.3) is 0 Å². The summed E-state index contributed by atoms with van der Waals surface area (Å²) in [6.07, 6.45) is 2.91. The minimum atomic E-state index is 0.267. The molecule has 13 heavy (non-hydrogen) atoms. The summed E-state index contributed by atoms with van der Waals surface area (Å²) in [5, 5.41) is 3.21. The largest absolute Gasteiger partial charge is 0.382 e. The normalized spacial score (nSPS) is 21.9. The van der Waals surface area contributed by atoms with E-state index in [0.29, 0.717) is 6.61 Å². The molecular weight excluding hydrogens is 166 g/mol. The van der Waals surface area contributed by atoms with Gasteiger partial charge in [-0.25, -0.2) is 0 Å². The Balaban J connectivity index is 0.000000310. The van der Waals surface area contributed by atoms with Gasteiger partial charge in [0.2, 0.25) is 0 Å². The SMILES string of the molecule is CCCC.COC[C@H]1CNCCO1. The monoisotopic (exact) mass is 189 g/mol. The molecule has 1 fully saturated rings. The van der Waals surface area contributed by atoms with Crippen molar-refractivity contribution in [1.29, 1.82) is 0 Å². The van der Waals surface area contributed by atoms with Gasteiger partial charge in [-0.2, -0.15) is 0 Å². The highest BCUT2D eigenvalue weighted by Gasteiger charge is 2.11. The standard InChI is InChI=1S/C6H13NO2.C4H10/c1-8-5-6-4-7-2-3-9-6;1-3-4-2/h6-7H,2-5H2,1H3;3-4H2,1-2H3/t6-;/m1./s1. The molecular formula is C10H23NO2. The quantitative estimate of drug-likeness (QED) is 0.728. The van der Waals surface area contributed by atoms with Crippen LogP contribution in [0.25, 0.3) is 0 Å². The van der Waals surface area contributed by atoms with Crippen LogP contribution in [0.2, 0.25) is 0 Å². The first-order chi connectivity index (χ1) is 6.35. The molecule has 0 amide bonds. The molecule has 0 bridgehead atoms. The van der Waals surface area contributed by atoms with Crippen LogP contribution in [0.4, 0.5) is 0 Å². The summed E-state index contributed by atoms with van der Waals surface area (Å²) < 4.78 is 10.2. The lowest BCUT2D eigenvalue weighted by molar-refractivity contribution is -0.0188. The molecule has 1 rings (SSSR count). The van der Waals surface area contributed by atoms with Gasteiger partial charge in [0.05, 0.1) is 19.3 Å². The summed E-state index contributed by atoms with van der Waals surface area (Å²) in [4.78, 5) is 0. The number of rotatable bonds is 3. The highest BCUT2D eigenvalue weighted by atomic mass is 16.5. The Morgan fingerprint density at radius 3 is 2.46 bits per heavy atom. The fourth-order valence-corrected chi connectivity index (χ4v) is 0.913. The molecule has 0 aromatic carbocycles. The fraction of sp³-hybridized carbons (Fsp3) is 1.00. The van der Waals surface area contributed by atoms with E-state index in [2.05, 4.69) is 19.2 Å². The molecule has 1 aliphatic rings. The lowest BCUT2D eigenvalue weighted by atomic mass is 10.3. The molecule has 3 heteroatoms. The third-order valence-corrected chi connectivity index (χ3v) is 1.86. The second-order valence-corrected chi connectivity index (χ2v) is 3.15. The van der Waals surface area contributed by atoms with Gasteiger partial charge >= 0.3 is 0 Å². The van der Waals surface area contributed by atoms with E-state index in [4.69, 9.17) is 9.47 Å². The first-order valence-corrected chi connectivity index (χ1v) is 5.16. The van der Waals surface area contributed by atoms with Gasteiger partial charge in [0.15, 0.2) is 0 Å². The van der Waals surface area contributed by atoms with Crippen LogP contribution in [-0.2, 0) is 9.47 Å². The molecule has 0 aliphatic carbocycles. The van der Waals surface area contributed by atoms with Gasteiger partial charge in [0.1, 0.15) is 0 Å². The molecule has 0 spiro atoms. The number of methoxy groups -OCH3 is 1. The first kappa shape index (κ1) is 12.9. The Morgan fingerprint density at radius 1 is 1.38 bits per heavy atom. The average Bonchev–Trinajstić information content (AvgIpc) is 2.20. The fourth-order valence-electron chi connectivity index (χ4n) is 0.913. The van der Waals surface area contributed by atoms with E-state index in [1.165, 1.54) is 12.8 Å². The van der Waals surface area contributed by atoms with Crippen LogP contribution < -0.4 is 5.32 Å². The molecule has 1 saturated heterocycles. The molecule has 0 unspecified atom stereocenters. The van der Waals surface area contributed by atoms with E-state index in [9.17, 15) is 0 Å². The van der Waals surface area contributed by atoms with Crippen molar-refractivity contribution in [2.45, 2.75) is 32.8 Å². The zero-order valence-corrected chi connectivity index (χ0v) is 9.14. The molecule has 0 radical (unpaired) electrons. The lowest BCUT2D eigenvalue weighted by Gasteiger charge is -2.22. The zero-order valence-electron chi connectivity index (χ0n) is 9.14. The van der Waals surface area contributed by atoms with Crippen molar-refractivity contribution in [3.05, 3.63) is 0 Å². The first-order valence-electron chi connectivity index (χ1n) is 5.16. The number of ether oxygens (including phenoxy) is 2. The Morgan fingerprint density at radius 2 is 2.08 bits per heavy atom. The molecule has 1 N–H and O–H groups in total. The van der Waals surface area contributed by atoms with Crippen molar-refractivity contribution in [1.82, 2.24) is 5.32 Å². The topological polar surface area (TPSA) is 30.5 Å². The Kier molecular flexibility index (Phi) is 9.87. The van der Waals surface area contributed by atoms with Crippen molar-refractivity contribution in [2.24, 2.45) is 0 Å². The molecule has 0 aromatic heterocycles. The van der Waals surface area contributed by atoms with Crippen LogP contribution in [0, 0.1) is 0 Å². The molecule has 3 nitrogen and oxygen atoms in total. The van der Waals surface area contributed by atoms with E-state index in [-0.39, 0.29) is 6.10 Å². The Bertz CT molecular complexity index is 88.2. The van der Waals surface area contributed by atoms with Crippen LogP contribution in [-0.4, -0.2) is 39.5 Å². The third kappa shape index (κ3) is 8.22. The van der Waals surface area contributed by atoms with Gasteiger partial charge in [-0.15, -0.1) is 0 Å². The van der Waals surface area contributed by atoms with E-state index in [1.807, 2.05) is 0 Å². The van der Waals surface area contributed by atoms with Gasteiger partial charge in [-0.05, 0) is 0 Å². The van der Waals surface area contributed by atoms with Crippen molar-refractivity contribution in [2.75, 3.05) is 33.4 Å². The van der Waals surface area contributed by atoms with E-state index < -0.39 is 0 Å². The van der Waals surface area contributed by atoms with Crippen molar-refractivity contribution < 1.29 is 9.47 Å². The zero-order chi connectivity index (χ0) is 9.94. The van der Waals surface area contributed by atoms with Crippen LogP contribution in [0.5, 0.6) is 0 Å². The number of hydrogen-bond acceptors (Lipinski definition) is 3. The summed E-state index contributed by atoms with van der Waals surface area (Å²) in [5.74, 6) is 0. The molecule has 80 valence electrons. The number of unbranched alkanes of at least 4 members (excludes halogenated alkanes) is 1. The summed E-state index contributed by atoms with van der Waals surface area (Å²) in [5.41, 5.74) is 0. The molecule has 1 heterocycles. The van der Waals surface area contributed by atoms with Crippen molar-refractivity contribution in [3.63, 3.8) is 0 Å². The van der Waals surface area contributed by atoms with Gasteiger partial charge in [0, 0.05) is 20.2 Å². The van der Waals surface area contributed by atoms with Crippen LogP contribution in [0.1, 0.15) is 26.7 Å². The summed E-state index contributed by atoms with van der Waals surface area (Å²) in [7, 11) is 1.69. The average molecular weight is 189 g/mol. The second kappa shape index (κ2) is 9.96. The maximum atomic E-state index is 5.33. The number of morpholine rings is 1. The van der Waals surface area contributed by atoms with Gasteiger partial charge in [-0.3, -0.25) is 0 Å².